The van der Waals surface area contributed by atoms with Crippen LogP contribution in [0.25, 0.3) is 0 Å². The zero-order chi connectivity index (χ0) is 17.5. The Labute approximate surface area is 148 Å². The van der Waals surface area contributed by atoms with Crippen LogP contribution in [-0.2, 0) is 13.1 Å². The van der Waals surface area contributed by atoms with E-state index in [0.29, 0.717) is 11.6 Å². The van der Waals surface area contributed by atoms with E-state index in [1.807, 2.05) is 25.1 Å². The molecule has 0 unspecified atom stereocenters. The first-order valence-corrected chi connectivity index (χ1v) is 8.43. The number of hydrogen-bond donors (Lipinski definition) is 2. The molecule has 0 fully saturated rings. The largest absolute Gasteiger partial charge is 0.334 e. The second kappa shape index (κ2) is 8.71. The summed E-state index contributed by atoms with van der Waals surface area (Å²) in [6.07, 6.45) is 0. The zero-order valence-corrected chi connectivity index (χ0v) is 15.2. The van der Waals surface area contributed by atoms with E-state index in [1.54, 1.807) is 12.1 Å². The van der Waals surface area contributed by atoms with Gasteiger partial charge in [-0.25, -0.2) is 4.79 Å². The van der Waals surface area contributed by atoms with Crippen molar-refractivity contribution >= 4 is 23.3 Å². The maximum atomic E-state index is 12.1. The summed E-state index contributed by atoms with van der Waals surface area (Å²) < 4.78 is 0. The van der Waals surface area contributed by atoms with Gasteiger partial charge in [0.2, 0.25) is 0 Å². The highest BCUT2D eigenvalue weighted by Gasteiger charge is 2.05. The molecule has 2 aromatic carbocycles. The van der Waals surface area contributed by atoms with Gasteiger partial charge in [-0.1, -0.05) is 42.8 Å². The summed E-state index contributed by atoms with van der Waals surface area (Å²) in [6.45, 7) is 6.44. The van der Waals surface area contributed by atoms with Crippen molar-refractivity contribution in [1.82, 2.24) is 10.2 Å². The molecular weight excluding hydrogens is 322 g/mol. The lowest BCUT2D eigenvalue weighted by Crippen LogP contribution is -2.28. The van der Waals surface area contributed by atoms with Gasteiger partial charge in [0, 0.05) is 23.8 Å². The van der Waals surface area contributed by atoms with Gasteiger partial charge >= 0.3 is 6.03 Å². The quantitative estimate of drug-likeness (QED) is 0.813. The first-order valence-electron chi connectivity index (χ1n) is 8.05. The van der Waals surface area contributed by atoms with E-state index in [2.05, 4.69) is 41.6 Å². The monoisotopic (exact) mass is 345 g/mol. The van der Waals surface area contributed by atoms with E-state index in [4.69, 9.17) is 11.6 Å². The van der Waals surface area contributed by atoms with Crippen LogP contribution < -0.4 is 10.6 Å². The normalized spacial score (nSPS) is 10.7. The number of halogens is 1. The number of aryl methyl sites for hydroxylation is 1. The van der Waals surface area contributed by atoms with Crippen molar-refractivity contribution in [3.63, 3.8) is 0 Å². The molecule has 0 aliphatic rings. The zero-order valence-electron chi connectivity index (χ0n) is 14.4. The number of hydrogen-bond acceptors (Lipinski definition) is 2. The molecule has 5 heteroatoms. The molecule has 2 amide bonds. The van der Waals surface area contributed by atoms with Crippen LogP contribution in [0.3, 0.4) is 0 Å². The minimum absolute atomic E-state index is 0.225. The summed E-state index contributed by atoms with van der Waals surface area (Å²) in [5.74, 6) is 0. The Morgan fingerprint density at radius 2 is 1.92 bits per heavy atom. The number of rotatable bonds is 6. The standard InChI is InChI=1S/C19H24ClN3O/c1-4-23(3)13-16-7-5-6-15(11-16)12-21-19(24)22-18-9-8-17(20)10-14(18)2/h5-11H,4,12-13H2,1-3H3,(H2,21,22,24). The van der Waals surface area contributed by atoms with Gasteiger partial charge < -0.3 is 15.5 Å². The van der Waals surface area contributed by atoms with Gasteiger partial charge in [-0.2, -0.15) is 0 Å². The van der Waals surface area contributed by atoms with E-state index in [9.17, 15) is 4.79 Å². The maximum Gasteiger partial charge on any atom is 0.319 e. The predicted molar refractivity (Wildman–Crippen MR) is 100 cm³/mol. The van der Waals surface area contributed by atoms with Crippen molar-refractivity contribution in [3.05, 3.63) is 64.2 Å². The Kier molecular flexibility index (Phi) is 6.64. The van der Waals surface area contributed by atoms with Crippen LogP contribution in [0.1, 0.15) is 23.6 Å². The Hall–Kier alpha value is -2.04. The molecule has 0 aliphatic carbocycles. The van der Waals surface area contributed by atoms with E-state index < -0.39 is 0 Å². The maximum absolute atomic E-state index is 12.1. The highest BCUT2D eigenvalue weighted by molar-refractivity contribution is 6.30. The molecule has 0 bridgehead atoms. The Morgan fingerprint density at radius 3 is 2.62 bits per heavy atom. The van der Waals surface area contributed by atoms with Crippen LogP contribution in [0.5, 0.6) is 0 Å². The highest BCUT2D eigenvalue weighted by Crippen LogP contribution is 2.19. The average molecular weight is 346 g/mol. The van der Waals surface area contributed by atoms with Crippen LogP contribution in [-0.4, -0.2) is 24.5 Å². The van der Waals surface area contributed by atoms with Gasteiger partial charge in [0.05, 0.1) is 0 Å². The second-order valence-electron chi connectivity index (χ2n) is 5.92. The first kappa shape index (κ1) is 18.3. The van der Waals surface area contributed by atoms with E-state index in [-0.39, 0.29) is 6.03 Å². The molecule has 0 radical (unpaired) electrons. The number of urea groups is 1. The van der Waals surface area contributed by atoms with E-state index >= 15 is 0 Å². The van der Waals surface area contributed by atoms with Crippen LogP contribution >= 0.6 is 11.6 Å². The lowest BCUT2D eigenvalue weighted by Gasteiger charge is -2.15. The van der Waals surface area contributed by atoms with Gasteiger partial charge in [0.1, 0.15) is 0 Å². The fraction of sp³-hybridized carbons (Fsp3) is 0.316. The molecule has 0 aromatic heterocycles. The minimum Gasteiger partial charge on any atom is -0.334 e. The summed E-state index contributed by atoms with van der Waals surface area (Å²) in [5, 5.41) is 6.39. The summed E-state index contributed by atoms with van der Waals surface area (Å²) >= 11 is 5.92. The van der Waals surface area contributed by atoms with Crippen LogP contribution in [0, 0.1) is 6.92 Å². The smallest absolute Gasteiger partial charge is 0.319 e. The molecule has 4 nitrogen and oxygen atoms in total. The van der Waals surface area contributed by atoms with Crippen molar-refractivity contribution in [3.8, 4) is 0 Å². The van der Waals surface area contributed by atoms with Gasteiger partial charge in [-0.3, -0.25) is 0 Å². The average Bonchev–Trinajstić information content (AvgIpc) is 2.56. The molecule has 2 N–H and O–H groups in total. The fourth-order valence-corrected chi connectivity index (χ4v) is 2.60. The third-order valence-electron chi connectivity index (χ3n) is 3.87. The topological polar surface area (TPSA) is 44.4 Å². The number of carbonyl (C=O) groups is 1. The third kappa shape index (κ3) is 5.55. The SMILES string of the molecule is CCN(C)Cc1cccc(CNC(=O)Nc2ccc(Cl)cc2C)c1. The van der Waals surface area contributed by atoms with Crippen molar-refractivity contribution in [2.45, 2.75) is 26.9 Å². The molecule has 128 valence electrons. The van der Waals surface area contributed by atoms with Crippen molar-refractivity contribution in [2.75, 3.05) is 18.9 Å². The number of benzene rings is 2. The second-order valence-corrected chi connectivity index (χ2v) is 6.35. The lowest BCUT2D eigenvalue weighted by molar-refractivity contribution is 0.251. The Morgan fingerprint density at radius 1 is 1.17 bits per heavy atom. The predicted octanol–water partition coefficient (Wildman–Crippen LogP) is 4.42. The van der Waals surface area contributed by atoms with E-state index in [0.717, 1.165) is 29.9 Å². The molecule has 0 spiro atoms. The summed E-state index contributed by atoms with van der Waals surface area (Å²) in [6, 6.07) is 13.4. The molecule has 0 saturated heterocycles. The van der Waals surface area contributed by atoms with Gasteiger partial charge in [0.15, 0.2) is 0 Å². The molecule has 2 rings (SSSR count). The minimum atomic E-state index is -0.225. The van der Waals surface area contributed by atoms with Crippen LogP contribution in [0.4, 0.5) is 10.5 Å². The highest BCUT2D eigenvalue weighted by atomic mass is 35.5. The van der Waals surface area contributed by atoms with Gasteiger partial charge in [0.25, 0.3) is 0 Å². The van der Waals surface area contributed by atoms with Crippen LogP contribution in [0.15, 0.2) is 42.5 Å². The van der Waals surface area contributed by atoms with Crippen molar-refractivity contribution < 1.29 is 4.79 Å². The number of nitrogens with one attached hydrogen (secondary N) is 2. The molecule has 24 heavy (non-hydrogen) atoms. The Balaban J connectivity index is 1.90. The Bertz CT molecular complexity index is 703. The van der Waals surface area contributed by atoms with Gasteiger partial charge in [-0.05, 0) is 55.4 Å². The fourth-order valence-electron chi connectivity index (χ4n) is 2.38. The molecule has 0 saturated carbocycles. The first-order chi connectivity index (χ1) is 11.5. The number of carbonyl (C=O) groups excluding carboxylic acids is 1. The lowest BCUT2D eigenvalue weighted by atomic mass is 10.1. The molecule has 0 aliphatic heterocycles. The molecule has 2 aromatic rings. The van der Waals surface area contributed by atoms with Crippen LogP contribution in [0.2, 0.25) is 5.02 Å². The summed E-state index contributed by atoms with van der Waals surface area (Å²) in [4.78, 5) is 14.3. The van der Waals surface area contributed by atoms with Crippen molar-refractivity contribution in [1.29, 1.82) is 0 Å². The number of nitrogens with zero attached hydrogens (tertiary/aromatic N) is 1. The third-order valence-corrected chi connectivity index (χ3v) is 4.11. The van der Waals surface area contributed by atoms with E-state index in [1.165, 1.54) is 5.56 Å². The summed E-state index contributed by atoms with van der Waals surface area (Å²) in [5.41, 5.74) is 4.02. The van der Waals surface area contributed by atoms with Gasteiger partial charge in [-0.15, -0.1) is 0 Å². The van der Waals surface area contributed by atoms with Crippen molar-refractivity contribution in [2.24, 2.45) is 0 Å². The number of amides is 2. The molecule has 0 atom stereocenters. The summed E-state index contributed by atoms with van der Waals surface area (Å²) in [7, 11) is 2.09. The number of anilines is 1. The molecular formula is C19H24ClN3O. The molecule has 0 heterocycles.